The molecule has 1 saturated heterocycles. The normalized spacial score (nSPS) is 14.8. The lowest BCUT2D eigenvalue weighted by atomic mass is 10.1. The highest BCUT2D eigenvalue weighted by Gasteiger charge is 2.21. The largest absolute Gasteiger partial charge is 0.385 e. The molecule has 8 heteroatoms. The number of likely N-dealkylation sites (tertiary alicyclic amines) is 1. The highest BCUT2D eigenvalue weighted by molar-refractivity contribution is 14.0. The first kappa shape index (κ1) is 27.6. The number of guanidine groups is 1. The second-order valence-corrected chi connectivity index (χ2v) is 7.79. The molecule has 1 aliphatic heterocycles. The van der Waals surface area contributed by atoms with Crippen molar-refractivity contribution in [2.24, 2.45) is 4.99 Å². The van der Waals surface area contributed by atoms with Gasteiger partial charge in [-0.05, 0) is 50.3 Å². The number of ether oxygens (including phenoxy) is 2. The molecule has 0 aromatic heterocycles. The van der Waals surface area contributed by atoms with Crippen molar-refractivity contribution in [1.82, 2.24) is 15.1 Å². The van der Waals surface area contributed by atoms with E-state index in [9.17, 15) is 4.79 Å². The van der Waals surface area contributed by atoms with Crippen LogP contribution in [0.3, 0.4) is 0 Å². The van der Waals surface area contributed by atoms with Crippen LogP contribution in [0.25, 0.3) is 0 Å². The Morgan fingerprint density at radius 2 is 2.00 bits per heavy atom. The van der Waals surface area contributed by atoms with Crippen LogP contribution in [0.1, 0.15) is 42.1 Å². The minimum atomic E-state index is 0. The average Bonchev–Trinajstić information content (AvgIpc) is 2.76. The number of piperidine rings is 1. The standard InChI is InChI=1S/C23H38N4O3.HI/c1-5-24-23(27-14-11-21(12-15-27)30-17-7-16-29-4)25-13-10-19-8-6-9-20(18-19)22(28)26(2)3;/h6,8-9,18,21H,5,7,10-17H2,1-4H3,(H,24,25);1H. The molecule has 2 rings (SSSR count). The molecule has 31 heavy (non-hydrogen) atoms. The molecule has 1 fully saturated rings. The maximum absolute atomic E-state index is 12.2. The third-order valence-corrected chi connectivity index (χ3v) is 5.16. The summed E-state index contributed by atoms with van der Waals surface area (Å²) in [5.74, 6) is 0.997. The molecular weight excluding hydrogens is 507 g/mol. The number of rotatable bonds is 10. The maximum atomic E-state index is 12.2. The van der Waals surface area contributed by atoms with Crippen molar-refractivity contribution in [3.8, 4) is 0 Å². The van der Waals surface area contributed by atoms with Crippen LogP contribution < -0.4 is 5.32 Å². The summed E-state index contributed by atoms with van der Waals surface area (Å²) in [4.78, 5) is 20.9. The van der Waals surface area contributed by atoms with E-state index in [-0.39, 0.29) is 29.9 Å². The van der Waals surface area contributed by atoms with E-state index >= 15 is 0 Å². The van der Waals surface area contributed by atoms with Gasteiger partial charge in [0.1, 0.15) is 0 Å². The molecule has 7 nitrogen and oxygen atoms in total. The maximum Gasteiger partial charge on any atom is 0.253 e. The van der Waals surface area contributed by atoms with E-state index in [1.165, 1.54) is 0 Å². The molecule has 1 aromatic rings. The SMILES string of the molecule is CCNC(=NCCc1cccc(C(=O)N(C)C)c1)N1CCC(OCCCOC)CC1.I. The van der Waals surface area contributed by atoms with E-state index in [0.29, 0.717) is 12.6 Å². The van der Waals surface area contributed by atoms with Gasteiger partial charge in [-0.3, -0.25) is 9.79 Å². The predicted octanol–water partition coefficient (Wildman–Crippen LogP) is 3.03. The Labute approximate surface area is 204 Å². The van der Waals surface area contributed by atoms with Gasteiger partial charge in [0.25, 0.3) is 5.91 Å². The molecule has 0 unspecified atom stereocenters. The third-order valence-electron chi connectivity index (χ3n) is 5.16. The van der Waals surface area contributed by atoms with Gasteiger partial charge in [0, 0.05) is 66.2 Å². The first-order chi connectivity index (χ1) is 14.5. The number of hydrogen-bond donors (Lipinski definition) is 1. The number of amides is 1. The van der Waals surface area contributed by atoms with Gasteiger partial charge in [-0.1, -0.05) is 12.1 Å². The molecule has 0 aliphatic carbocycles. The van der Waals surface area contributed by atoms with Gasteiger partial charge in [-0.15, -0.1) is 24.0 Å². The van der Waals surface area contributed by atoms with Crippen molar-refractivity contribution in [1.29, 1.82) is 0 Å². The van der Waals surface area contributed by atoms with Crippen molar-refractivity contribution in [3.63, 3.8) is 0 Å². The zero-order valence-corrected chi connectivity index (χ0v) is 21.8. The summed E-state index contributed by atoms with van der Waals surface area (Å²) in [6, 6.07) is 7.83. The zero-order chi connectivity index (χ0) is 21.8. The molecule has 1 aromatic carbocycles. The smallest absolute Gasteiger partial charge is 0.253 e. The number of carbonyl (C=O) groups is 1. The minimum absolute atomic E-state index is 0. The lowest BCUT2D eigenvalue weighted by Crippen LogP contribution is -2.47. The van der Waals surface area contributed by atoms with Crippen molar-refractivity contribution in [3.05, 3.63) is 35.4 Å². The van der Waals surface area contributed by atoms with E-state index in [1.54, 1.807) is 26.1 Å². The van der Waals surface area contributed by atoms with E-state index in [1.807, 2.05) is 18.2 Å². The topological polar surface area (TPSA) is 66.4 Å². The molecule has 1 aliphatic rings. The van der Waals surface area contributed by atoms with E-state index in [0.717, 1.165) is 75.6 Å². The van der Waals surface area contributed by atoms with Crippen LogP contribution in [0.15, 0.2) is 29.3 Å². The van der Waals surface area contributed by atoms with Crippen LogP contribution in [0.5, 0.6) is 0 Å². The molecule has 0 bridgehead atoms. The number of nitrogens with one attached hydrogen (secondary N) is 1. The van der Waals surface area contributed by atoms with Crippen LogP contribution in [0, 0.1) is 0 Å². The van der Waals surface area contributed by atoms with Gasteiger partial charge in [0.05, 0.1) is 6.10 Å². The lowest BCUT2D eigenvalue weighted by molar-refractivity contribution is 0.00990. The summed E-state index contributed by atoms with van der Waals surface area (Å²) < 4.78 is 11.0. The molecule has 0 spiro atoms. The van der Waals surface area contributed by atoms with Gasteiger partial charge in [-0.2, -0.15) is 0 Å². The molecule has 1 amide bonds. The molecule has 176 valence electrons. The Morgan fingerprint density at radius 1 is 1.26 bits per heavy atom. The molecule has 0 atom stereocenters. The minimum Gasteiger partial charge on any atom is -0.385 e. The zero-order valence-electron chi connectivity index (χ0n) is 19.4. The molecule has 1 N–H and O–H groups in total. The van der Waals surface area contributed by atoms with E-state index in [4.69, 9.17) is 14.5 Å². The first-order valence-electron chi connectivity index (χ1n) is 11.0. The first-order valence-corrected chi connectivity index (χ1v) is 11.0. The third kappa shape index (κ3) is 9.74. The van der Waals surface area contributed by atoms with Crippen molar-refractivity contribution in [2.45, 2.75) is 38.7 Å². The van der Waals surface area contributed by atoms with Gasteiger partial charge in [0.15, 0.2) is 5.96 Å². The number of hydrogen-bond acceptors (Lipinski definition) is 4. The van der Waals surface area contributed by atoms with Crippen LogP contribution in [-0.4, -0.2) is 88.4 Å². The Bertz CT molecular complexity index is 677. The number of carbonyl (C=O) groups excluding carboxylic acids is 1. The van der Waals surface area contributed by atoms with Gasteiger partial charge < -0.3 is 24.6 Å². The number of methoxy groups -OCH3 is 1. The number of aliphatic imine (C=N–C) groups is 1. The molecule has 1 heterocycles. The van der Waals surface area contributed by atoms with Crippen LogP contribution in [0.4, 0.5) is 0 Å². The fraction of sp³-hybridized carbons (Fsp3) is 0.652. The van der Waals surface area contributed by atoms with Crippen LogP contribution in [-0.2, 0) is 15.9 Å². The summed E-state index contributed by atoms with van der Waals surface area (Å²) in [5.41, 5.74) is 1.85. The number of halogens is 1. The Morgan fingerprint density at radius 3 is 2.65 bits per heavy atom. The summed E-state index contributed by atoms with van der Waals surface area (Å²) in [6.07, 6.45) is 4.13. The Kier molecular flexibility index (Phi) is 13.7. The van der Waals surface area contributed by atoms with Crippen LogP contribution in [0.2, 0.25) is 0 Å². The fourth-order valence-electron chi connectivity index (χ4n) is 3.52. The molecule has 0 radical (unpaired) electrons. The Hall–Kier alpha value is -1.39. The summed E-state index contributed by atoms with van der Waals surface area (Å²) >= 11 is 0. The second-order valence-electron chi connectivity index (χ2n) is 7.79. The Balaban J connectivity index is 0.00000480. The van der Waals surface area contributed by atoms with Crippen molar-refractivity contribution < 1.29 is 14.3 Å². The van der Waals surface area contributed by atoms with Gasteiger partial charge in [-0.25, -0.2) is 0 Å². The van der Waals surface area contributed by atoms with Crippen molar-refractivity contribution in [2.75, 3.05) is 60.6 Å². The average molecular weight is 546 g/mol. The molecular formula is C23H39IN4O3. The number of nitrogens with zero attached hydrogens (tertiary/aromatic N) is 3. The molecule has 0 saturated carbocycles. The lowest BCUT2D eigenvalue weighted by Gasteiger charge is -2.34. The van der Waals surface area contributed by atoms with Gasteiger partial charge in [0.2, 0.25) is 0 Å². The number of benzene rings is 1. The van der Waals surface area contributed by atoms with E-state index in [2.05, 4.69) is 23.2 Å². The summed E-state index contributed by atoms with van der Waals surface area (Å²) in [7, 11) is 5.27. The van der Waals surface area contributed by atoms with Gasteiger partial charge >= 0.3 is 0 Å². The van der Waals surface area contributed by atoms with Crippen molar-refractivity contribution >= 4 is 35.8 Å². The van der Waals surface area contributed by atoms with E-state index < -0.39 is 0 Å². The highest BCUT2D eigenvalue weighted by atomic mass is 127. The summed E-state index contributed by atoms with van der Waals surface area (Å²) in [6.45, 7) is 7.05. The summed E-state index contributed by atoms with van der Waals surface area (Å²) in [5, 5.41) is 3.42. The monoisotopic (exact) mass is 546 g/mol. The van der Waals surface area contributed by atoms with Crippen LogP contribution >= 0.6 is 24.0 Å². The predicted molar refractivity (Wildman–Crippen MR) is 137 cm³/mol. The quantitative estimate of drug-likeness (QED) is 0.212. The highest BCUT2D eigenvalue weighted by Crippen LogP contribution is 2.14. The fourth-order valence-corrected chi connectivity index (χ4v) is 3.52. The second kappa shape index (κ2) is 15.4.